The van der Waals surface area contributed by atoms with Gasteiger partial charge >= 0.3 is 0 Å². The third-order valence-corrected chi connectivity index (χ3v) is 7.78. The Hall–Kier alpha value is -3.68. The second kappa shape index (κ2) is 9.76. The van der Waals surface area contributed by atoms with Gasteiger partial charge in [-0.05, 0) is 54.3 Å². The Morgan fingerprint density at radius 2 is 1.72 bits per heavy atom. The lowest BCUT2D eigenvalue weighted by atomic mass is 10.1. The fourth-order valence-corrected chi connectivity index (χ4v) is 5.55. The van der Waals surface area contributed by atoms with Gasteiger partial charge in [-0.2, -0.15) is 0 Å². The van der Waals surface area contributed by atoms with E-state index in [9.17, 15) is 14.0 Å². The molecular weight excluding hydrogens is 497 g/mol. The van der Waals surface area contributed by atoms with E-state index >= 15 is 0 Å². The molecule has 0 saturated carbocycles. The van der Waals surface area contributed by atoms with Crippen molar-refractivity contribution in [3.63, 3.8) is 0 Å². The van der Waals surface area contributed by atoms with E-state index in [4.69, 9.17) is 11.6 Å². The standard InChI is InChI=1S/C28H23ClFN3O2S/c1-18-23(27(34)33(31(18)2)22-9-4-3-5-10-22)17-32(16-20-12-13-21(30)15-24(20)29)28(35)26-14-19-8-6-7-11-25(19)36-26/h3-15H,16-17H2,1-2H3. The number of rotatable bonds is 6. The molecule has 5 nitrogen and oxygen atoms in total. The fraction of sp³-hybridized carbons (Fsp3) is 0.143. The van der Waals surface area contributed by atoms with Crippen LogP contribution in [0.2, 0.25) is 5.02 Å². The Kier molecular flexibility index (Phi) is 6.51. The Morgan fingerprint density at radius 1 is 1.00 bits per heavy atom. The maximum absolute atomic E-state index is 13.8. The number of halogens is 2. The molecule has 2 heterocycles. The molecule has 0 aliphatic rings. The Bertz CT molecular complexity index is 1610. The summed E-state index contributed by atoms with van der Waals surface area (Å²) >= 11 is 7.72. The SMILES string of the molecule is Cc1c(CN(Cc2ccc(F)cc2Cl)C(=O)c2cc3ccccc3s2)c(=O)n(-c2ccccc2)n1C. The molecule has 0 bridgehead atoms. The van der Waals surface area contributed by atoms with Gasteiger partial charge < -0.3 is 4.90 Å². The van der Waals surface area contributed by atoms with E-state index in [1.165, 1.54) is 23.5 Å². The normalized spacial score (nSPS) is 11.2. The second-order valence-electron chi connectivity index (χ2n) is 8.59. The number of amides is 1. The van der Waals surface area contributed by atoms with Gasteiger partial charge in [0.25, 0.3) is 11.5 Å². The third kappa shape index (κ3) is 4.47. The van der Waals surface area contributed by atoms with Crippen molar-refractivity contribution in [2.75, 3.05) is 0 Å². The highest BCUT2D eigenvalue weighted by Gasteiger charge is 2.25. The van der Waals surface area contributed by atoms with Crippen LogP contribution in [0.1, 0.15) is 26.5 Å². The van der Waals surface area contributed by atoms with Gasteiger partial charge in [0.1, 0.15) is 5.82 Å². The van der Waals surface area contributed by atoms with Gasteiger partial charge in [-0.3, -0.25) is 14.3 Å². The van der Waals surface area contributed by atoms with Gasteiger partial charge in [0.2, 0.25) is 0 Å². The average Bonchev–Trinajstić information content (AvgIpc) is 3.40. The zero-order valence-corrected chi connectivity index (χ0v) is 21.3. The van der Waals surface area contributed by atoms with Crippen LogP contribution in [0.4, 0.5) is 4.39 Å². The summed E-state index contributed by atoms with van der Waals surface area (Å²) in [7, 11) is 1.82. The van der Waals surface area contributed by atoms with E-state index < -0.39 is 5.82 Å². The molecule has 36 heavy (non-hydrogen) atoms. The summed E-state index contributed by atoms with van der Waals surface area (Å²) in [6, 6.07) is 23.1. The summed E-state index contributed by atoms with van der Waals surface area (Å²) in [6.45, 7) is 2.08. The molecule has 182 valence electrons. The minimum absolute atomic E-state index is 0.0825. The molecule has 0 atom stereocenters. The van der Waals surface area contributed by atoms with Crippen molar-refractivity contribution in [3.05, 3.63) is 122 Å². The van der Waals surface area contributed by atoms with Crippen LogP contribution in [0.5, 0.6) is 0 Å². The van der Waals surface area contributed by atoms with Crippen molar-refractivity contribution in [3.8, 4) is 5.69 Å². The van der Waals surface area contributed by atoms with Crippen LogP contribution in [0, 0.1) is 12.7 Å². The van der Waals surface area contributed by atoms with E-state index in [-0.39, 0.29) is 29.6 Å². The topological polar surface area (TPSA) is 47.2 Å². The zero-order valence-electron chi connectivity index (χ0n) is 19.7. The molecule has 0 radical (unpaired) electrons. The van der Waals surface area contributed by atoms with Crippen LogP contribution < -0.4 is 5.56 Å². The first-order valence-electron chi connectivity index (χ1n) is 11.4. The van der Waals surface area contributed by atoms with Crippen molar-refractivity contribution in [2.24, 2.45) is 7.05 Å². The Labute approximate surface area is 216 Å². The highest BCUT2D eigenvalue weighted by atomic mass is 35.5. The first kappa shape index (κ1) is 24.0. The predicted octanol–water partition coefficient (Wildman–Crippen LogP) is 6.33. The van der Waals surface area contributed by atoms with Crippen molar-refractivity contribution in [1.29, 1.82) is 0 Å². The van der Waals surface area contributed by atoms with Gasteiger partial charge in [0.05, 0.1) is 22.7 Å². The minimum Gasteiger partial charge on any atom is -0.329 e. The van der Waals surface area contributed by atoms with E-state index in [0.29, 0.717) is 16.0 Å². The number of para-hydroxylation sites is 1. The smallest absolute Gasteiger partial charge is 0.276 e. The lowest BCUT2D eigenvalue weighted by Gasteiger charge is -2.22. The number of aromatic nitrogens is 2. The Balaban J connectivity index is 1.57. The van der Waals surface area contributed by atoms with E-state index in [2.05, 4.69) is 0 Å². The van der Waals surface area contributed by atoms with E-state index in [0.717, 1.165) is 21.5 Å². The number of hydrogen-bond acceptors (Lipinski definition) is 3. The van der Waals surface area contributed by atoms with Crippen LogP contribution in [-0.2, 0) is 20.1 Å². The molecule has 1 amide bonds. The van der Waals surface area contributed by atoms with Gasteiger partial charge in [-0.15, -0.1) is 11.3 Å². The van der Waals surface area contributed by atoms with E-state index in [1.54, 1.807) is 20.3 Å². The Morgan fingerprint density at radius 3 is 2.44 bits per heavy atom. The molecule has 0 N–H and O–H groups in total. The maximum atomic E-state index is 13.8. The van der Waals surface area contributed by atoms with Crippen molar-refractivity contribution in [2.45, 2.75) is 20.0 Å². The minimum atomic E-state index is -0.448. The van der Waals surface area contributed by atoms with Crippen LogP contribution in [-0.4, -0.2) is 20.2 Å². The van der Waals surface area contributed by atoms with Gasteiger partial charge in [0, 0.05) is 29.0 Å². The van der Waals surface area contributed by atoms with Crippen molar-refractivity contribution < 1.29 is 9.18 Å². The van der Waals surface area contributed by atoms with Crippen LogP contribution in [0.25, 0.3) is 15.8 Å². The van der Waals surface area contributed by atoms with Crippen LogP contribution in [0.15, 0.2) is 83.7 Å². The molecule has 2 aromatic heterocycles. The molecular formula is C28H23ClFN3O2S. The molecule has 0 fully saturated rings. The first-order chi connectivity index (χ1) is 17.3. The summed E-state index contributed by atoms with van der Waals surface area (Å²) in [5, 5.41) is 1.21. The number of carbonyl (C=O) groups is 1. The lowest BCUT2D eigenvalue weighted by molar-refractivity contribution is 0.0734. The molecule has 8 heteroatoms. The number of hydrogen-bond donors (Lipinski definition) is 0. The monoisotopic (exact) mass is 519 g/mol. The second-order valence-corrected chi connectivity index (χ2v) is 10.1. The number of benzene rings is 3. The number of thiophene rings is 1. The number of carbonyl (C=O) groups excluding carboxylic acids is 1. The van der Waals surface area contributed by atoms with Crippen molar-refractivity contribution >= 4 is 38.9 Å². The average molecular weight is 520 g/mol. The molecule has 0 aliphatic carbocycles. The van der Waals surface area contributed by atoms with Gasteiger partial charge in [0.15, 0.2) is 0 Å². The molecule has 0 unspecified atom stereocenters. The summed E-state index contributed by atoms with van der Waals surface area (Å²) < 4.78 is 18.1. The molecule has 5 aromatic rings. The number of fused-ring (bicyclic) bond motifs is 1. The van der Waals surface area contributed by atoms with Crippen molar-refractivity contribution in [1.82, 2.24) is 14.3 Å². The maximum Gasteiger partial charge on any atom is 0.276 e. The number of nitrogens with zero attached hydrogens (tertiary/aromatic N) is 3. The predicted molar refractivity (Wildman–Crippen MR) is 143 cm³/mol. The summed E-state index contributed by atoms with van der Waals surface area (Å²) in [4.78, 5) is 29.5. The lowest BCUT2D eigenvalue weighted by Crippen LogP contribution is -2.32. The van der Waals surface area contributed by atoms with Gasteiger partial charge in [-0.1, -0.05) is 54.1 Å². The molecule has 0 saturated heterocycles. The van der Waals surface area contributed by atoms with Crippen LogP contribution >= 0.6 is 22.9 Å². The highest BCUT2D eigenvalue weighted by Crippen LogP contribution is 2.28. The summed E-state index contributed by atoms with van der Waals surface area (Å²) in [5.74, 6) is -0.665. The quantitative estimate of drug-likeness (QED) is 0.263. The largest absolute Gasteiger partial charge is 0.329 e. The summed E-state index contributed by atoms with van der Waals surface area (Å²) in [5.41, 5.74) is 2.41. The highest BCUT2D eigenvalue weighted by molar-refractivity contribution is 7.20. The molecule has 0 spiro atoms. The van der Waals surface area contributed by atoms with Gasteiger partial charge in [-0.25, -0.2) is 9.07 Å². The first-order valence-corrected chi connectivity index (χ1v) is 12.6. The van der Waals surface area contributed by atoms with E-state index in [1.807, 2.05) is 74.6 Å². The molecule has 5 rings (SSSR count). The molecule has 0 aliphatic heterocycles. The third-order valence-electron chi connectivity index (χ3n) is 6.32. The van der Waals surface area contributed by atoms with Crippen LogP contribution in [0.3, 0.4) is 0 Å². The molecule has 3 aromatic carbocycles. The fourth-order valence-electron chi connectivity index (χ4n) is 4.29. The zero-order chi connectivity index (χ0) is 25.4. The summed E-state index contributed by atoms with van der Waals surface area (Å²) in [6.07, 6.45) is 0.